The fourth-order valence-electron chi connectivity index (χ4n) is 5.26. The lowest BCUT2D eigenvalue weighted by Gasteiger charge is -2.31. The second-order valence-corrected chi connectivity index (χ2v) is 10.1. The van der Waals surface area contributed by atoms with Crippen LogP contribution in [0.1, 0.15) is 33.9 Å². The van der Waals surface area contributed by atoms with Crippen molar-refractivity contribution in [3.8, 4) is 11.5 Å². The molecule has 1 saturated heterocycles. The topological polar surface area (TPSA) is 83.9 Å². The van der Waals surface area contributed by atoms with Crippen molar-refractivity contribution < 1.29 is 28.2 Å². The third kappa shape index (κ3) is 6.61. The molecule has 0 radical (unpaired) electrons. The number of carbonyl (C=O) groups excluding carboxylic acids is 2. The monoisotopic (exact) mass is 574 g/mol. The summed E-state index contributed by atoms with van der Waals surface area (Å²) in [6, 6.07) is 20.4. The van der Waals surface area contributed by atoms with Crippen molar-refractivity contribution in [2.75, 3.05) is 60.2 Å². The van der Waals surface area contributed by atoms with Gasteiger partial charge in [-0.2, -0.15) is 5.10 Å². The zero-order valence-corrected chi connectivity index (χ0v) is 23.9. The number of hydrogen-bond acceptors (Lipinski definition) is 7. The van der Waals surface area contributed by atoms with Crippen molar-refractivity contribution in [3.63, 3.8) is 0 Å². The van der Waals surface area contributed by atoms with E-state index >= 15 is 0 Å². The van der Waals surface area contributed by atoms with Crippen LogP contribution in [0.25, 0.3) is 0 Å². The lowest BCUT2D eigenvalue weighted by Crippen LogP contribution is -2.46. The lowest BCUT2D eigenvalue weighted by atomic mass is 9.97. The third-order valence-electron chi connectivity index (χ3n) is 7.59. The number of halogens is 1. The van der Waals surface area contributed by atoms with Crippen LogP contribution in [0.3, 0.4) is 0 Å². The summed E-state index contributed by atoms with van der Waals surface area (Å²) in [5, 5.41) is 6.20. The number of hydrogen-bond donors (Lipinski definition) is 0. The SMILES string of the molecule is COc1ccc(C2=NN(C(=O)CN(CCN3CCOCC3)C(=O)c3ccccc3F)[C@@H](c3ccccc3OC)C2)cc1. The van der Waals surface area contributed by atoms with Gasteiger partial charge in [-0.05, 0) is 48.0 Å². The van der Waals surface area contributed by atoms with E-state index in [9.17, 15) is 14.0 Å². The summed E-state index contributed by atoms with van der Waals surface area (Å²) in [6.45, 7) is 3.20. The highest BCUT2D eigenvalue weighted by atomic mass is 19.1. The van der Waals surface area contributed by atoms with E-state index in [0.717, 1.165) is 29.9 Å². The number of morpholine rings is 1. The van der Waals surface area contributed by atoms with Gasteiger partial charge in [0.15, 0.2) is 0 Å². The minimum Gasteiger partial charge on any atom is -0.497 e. The molecule has 10 heteroatoms. The molecule has 2 aliphatic heterocycles. The minimum atomic E-state index is -0.626. The van der Waals surface area contributed by atoms with Crippen LogP contribution in [-0.2, 0) is 9.53 Å². The first-order valence-corrected chi connectivity index (χ1v) is 14.0. The maximum Gasteiger partial charge on any atom is 0.262 e. The van der Waals surface area contributed by atoms with E-state index in [1.807, 2.05) is 48.5 Å². The molecule has 5 rings (SSSR count). The Bertz CT molecular complexity index is 1420. The predicted molar refractivity (Wildman–Crippen MR) is 156 cm³/mol. The second kappa shape index (κ2) is 13.6. The van der Waals surface area contributed by atoms with Crippen molar-refractivity contribution in [2.24, 2.45) is 5.10 Å². The van der Waals surface area contributed by atoms with Crippen LogP contribution in [0.4, 0.5) is 4.39 Å². The highest BCUT2D eigenvalue weighted by molar-refractivity contribution is 6.04. The van der Waals surface area contributed by atoms with Gasteiger partial charge in [0.05, 0.1) is 44.8 Å². The molecule has 2 amide bonds. The number of methoxy groups -OCH3 is 2. The summed E-state index contributed by atoms with van der Waals surface area (Å²) in [4.78, 5) is 31.2. The Morgan fingerprint density at radius 1 is 0.976 bits per heavy atom. The van der Waals surface area contributed by atoms with Crippen LogP contribution in [-0.4, -0.2) is 92.5 Å². The Morgan fingerprint density at radius 2 is 1.69 bits per heavy atom. The average Bonchev–Trinajstić information content (AvgIpc) is 3.49. The van der Waals surface area contributed by atoms with E-state index in [1.165, 1.54) is 28.1 Å². The first-order valence-electron chi connectivity index (χ1n) is 14.0. The van der Waals surface area contributed by atoms with Crippen molar-refractivity contribution in [3.05, 3.63) is 95.3 Å². The van der Waals surface area contributed by atoms with Gasteiger partial charge in [-0.3, -0.25) is 14.5 Å². The summed E-state index contributed by atoms with van der Waals surface area (Å²) < 4.78 is 31.0. The van der Waals surface area contributed by atoms with Crippen LogP contribution < -0.4 is 9.47 Å². The molecule has 1 fully saturated rings. The smallest absolute Gasteiger partial charge is 0.262 e. The zero-order chi connectivity index (χ0) is 29.5. The number of hydrazone groups is 1. The summed E-state index contributed by atoms with van der Waals surface area (Å²) in [6.07, 6.45) is 0.452. The van der Waals surface area contributed by atoms with E-state index < -0.39 is 17.8 Å². The number of amides is 2. The van der Waals surface area contributed by atoms with E-state index in [2.05, 4.69) is 4.90 Å². The van der Waals surface area contributed by atoms with Crippen molar-refractivity contribution in [1.82, 2.24) is 14.8 Å². The van der Waals surface area contributed by atoms with Gasteiger partial charge >= 0.3 is 0 Å². The van der Waals surface area contributed by atoms with Gasteiger partial charge in [0.2, 0.25) is 0 Å². The fourth-order valence-corrected chi connectivity index (χ4v) is 5.26. The first kappa shape index (κ1) is 29.2. The molecule has 1 atom stereocenters. The molecule has 0 unspecified atom stereocenters. The molecule has 220 valence electrons. The summed E-state index contributed by atoms with van der Waals surface area (Å²) in [7, 11) is 3.19. The Kier molecular flexibility index (Phi) is 9.45. The largest absolute Gasteiger partial charge is 0.497 e. The van der Waals surface area contributed by atoms with Gasteiger partial charge in [0.25, 0.3) is 11.8 Å². The molecule has 0 saturated carbocycles. The highest BCUT2D eigenvalue weighted by Crippen LogP contribution is 2.37. The molecule has 2 aliphatic rings. The Hall–Kier alpha value is -4.28. The molecule has 0 spiro atoms. The molecule has 2 heterocycles. The van der Waals surface area contributed by atoms with Crippen molar-refractivity contribution in [2.45, 2.75) is 12.5 Å². The third-order valence-corrected chi connectivity index (χ3v) is 7.59. The Labute approximate surface area is 245 Å². The maximum absolute atomic E-state index is 14.7. The summed E-state index contributed by atoms with van der Waals surface area (Å²) in [5.74, 6) is -0.186. The van der Waals surface area contributed by atoms with Gasteiger partial charge in [-0.25, -0.2) is 9.40 Å². The van der Waals surface area contributed by atoms with E-state index in [1.54, 1.807) is 20.3 Å². The molecule has 0 aliphatic carbocycles. The van der Waals surface area contributed by atoms with Crippen molar-refractivity contribution in [1.29, 1.82) is 0 Å². The molecule has 9 nitrogen and oxygen atoms in total. The minimum absolute atomic E-state index is 0.0719. The molecule has 0 bridgehead atoms. The number of para-hydroxylation sites is 1. The zero-order valence-electron chi connectivity index (χ0n) is 23.9. The average molecular weight is 575 g/mol. The molecular formula is C32H35FN4O5. The number of nitrogens with zero attached hydrogens (tertiary/aromatic N) is 4. The van der Waals surface area contributed by atoms with E-state index in [0.29, 0.717) is 37.7 Å². The fraction of sp³-hybridized carbons (Fsp3) is 0.344. The Morgan fingerprint density at radius 3 is 2.40 bits per heavy atom. The molecular weight excluding hydrogens is 539 g/mol. The predicted octanol–water partition coefficient (Wildman–Crippen LogP) is 4.00. The lowest BCUT2D eigenvalue weighted by molar-refractivity contribution is -0.133. The first-order chi connectivity index (χ1) is 20.5. The van der Waals surface area contributed by atoms with Crippen LogP contribution in [0.2, 0.25) is 0 Å². The Balaban J connectivity index is 1.44. The second-order valence-electron chi connectivity index (χ2n) is 10.1. The van der Waals surface area contributed by atoms with Crippen LogP contribution >= 0.6 is 0 Å². The van der Waals surface area contributed by atoms with Gasteiger partial charge in [0, 0.05) is 38.2 Å². The molecule has 42 heavy (non-hydrogen) atoms. The quantitative estimate of drug-likeness (QED) is 0.364. The van der Waals surface area contributed by atoms with E-state index in [4.69, 9.17) is 19.3 Å². The number of benzene rings is 3. The van der Waals surface area contributed by atoms with Crippen LogP contribution in [0.15, 0.2) is 77.9 Å². The number of ether oxygens (including phenoxy) is 3. The van der Waals surface area contributed by atoms with Crippen LogP contribution in [0.5, 0.6) is 11.5 Å². The molecule has 3 aromatic carbocycles. The molecule has 0 N–H and O–H groups in total. The maximum atomic E-state index is 14.7. The van der Waals surface area contributed by atoms with Crippen LogP contribution in [0, 0.1) is 5.82 Å². The molecule has 0 aromatic heterocycles. The van der Waals surface area contributed by atoms with Gasteiger partial charge in [0.1, 0.15) is 23.9 Å². The van der Waals surface area contributed by atoms with Crippen molar-refractivity contribution >= 4 is 17.5 Å². The normalized spacial score (nSPS) is 17.1. The molecule has 3 aromatic rings. The highest BCUT2D eigenvalue weighted by Gasteiger charge is 2.36. The van der Waals surface area contributed by atoms with Gasteiger partial charge in [-0.15, -0.1) is 0 Å². The van der Waals surface area contributed by atoms with Gasteiger partial charge < -0.3 is 19.1 Å². The standard InChI is InChI=1S/C32H35FN4O5/c1-40-24-13-11-23(12-14-24)28-21-29(26-8-4-6-10-30(26)41-2)37(34-28)31(38)22-36(16-15-35-17-19-42-20-18-35)32(39)25-7-3-5-9-27(25)33/h3-14,29H,15-22H2,1-2H3/t29-/m1/s1. The summed E-state index contributed by atoms with van der Waals surface area (Å²) in [5.41, 5.74) is 2.32. The number of rotatable bonds is 10. The van der Waals surface area contributed by atoms with Gasteiger partial charge in [-0.1, -0.05) is 30.3 Å². The number of carbonyl (C=O) groups is 2. The van der Waals surface area contributed by atoms with E-state index in [-0.39, 0.29) is 24.6 Å². The summed E-state index contributed by atoms with van der Waals surface area (Å²) >= 11 is 0.